The van der Waals surface area contributed by atoms with Crippen molar-refractivity contribution in [1.29, 1.82) is 0 Å². The van der Waals surface area contributed by atoms with Crippen LogP contribution in [-0.2, 0) is 14.3 Å². The second kappa shape index (κ2) is 8.31. The Kier molecular flexibility index (Phi) is 6.72. The number of ketones is 1. The molecule has 0 bridgehead atoms. The van der Waals surface area contributed by atoms with Gasteiger partial charge in [-0.1, -0.05) is 0 Å². The third-order valence-corrected chi connectivity index (χ3v) is 3.43. The van der Waals surface area contributed by atoms with Crippen molar-refractivity contribution in [3.63, 3.8) is 0 Å². The van der Waals surface area contributed by atoms with E-state index < -0.39 is 4.92 Å². The summed E-state index contributed by atoms with van der Waals surface area (Å²) in [5.74, 6) is -0.195. The number of hydrogen-bond acceptors (Lipinski definition) is 6. The maximum Gasteiger partial charge on any atom is 0.306 e. The van der Waals surface area contributed by atoms with Crippen molar-refractivity contribution in [2.45, 2.75) is 24.7 Å². The highest BCUT2D eigenvalue weighted by atomic mass is 32.2. The van der Waals surface area contributed by atoms with E-state index in [1.807, 2.05) is 0 Å². The highest BCUT2D eigenvalue weighted by Gasteiger charge is 2.09. The number of carbonyl (C=O) groups is 2. The predicted molar refractivity (Wildman–Crippen MR) is 74.7 cm³/mol. The molecule has 0 aliphatic rings. The van der Waals surface area contributed by atoms with Crippen LogP contribution in [0.1, 0.15) is 19.8 Å². The molecule has 6 nitrogen and oxygen atoms in total. The smallest absolute Gasteiger partial charge is 0.306 e. The molecule has 0 heterocycles. The van der Waals surface area contributed by atoms with Crippen LogP contribution in [0.3, 0.4) is 0 Å². The molecule has 0 saturated carbocycles. The molecule has 0 spiro atoms. The number of nitro groups is 1. The molecular formula is C13H15NO5S. The van der Waals surface area contributed by atoms with Crippen molar-refractivity contribution < 1.29 is 19.2 Å². The van der Waals surface area contributed by atoms with E-state index in [4.69, 9.17) is 4.74 Å². The van der Waals surface area contributed by atoms with Gasteiger partial charge in [0.15, 0.2) is 0 Å². The van der Waals surface area contributed by atoms with Gasteiger partial charge in [0.25, 0.3) is 5.69 Å². The Morgan fingerprint density at radius 3 is 2.45 bits per heavy atom. The van der Waals surface area contributed by atoms with Gasteiger partial charge in [0.2, 0.25) is 0 Å². The Balaban J connectivity index is 2.33. The fourth-order valence-corrected chi connectivity index (χ4v) is 2.18. The summed E-state index contributed by atoms with van der Waals surface area (Å²) >= 11 is 1.29. The van der Waals surface area contributed by atoms with Gasteiger partial charge >= 0.3 is 5.97 Å². The van der Waals surface area contributed by atoms with Crippen molar-refractivity contribution >= 4 is 29.2 Å². The molecule has 0 unspecified atom stereocenters. The minimum atomic E-state index is -0.473. The molecule has 20 heavy (non-hydrogen) atoms. The number of ether oxygens (including phenoxy) is 1. The highest BCUT2D eigenvalue weighted by molar-refractivity contribution is 8.00. The lowest BCUT2D eigenvalue weighted by molar-refractivity contribution is -0.384. The minimum Gasteiger partial charge on any atom is -0.466 e. The van der Waals surface area contributed by atoms with E-state index in [-0.39, 0.29) is 36.0 Å². The molecule has 1 aromatic rings. The number of nitrogens with zero attached hydrogens (tertiary/aromatic N) is 1. The van der Waals surface area contributed by atoms with E-state index in [0.29, 0.717) is 6.61 Å². The molecule has 0 fully saturated rings. The van der Waals surface area contributed by atoms with Gasteiger partial charge in [-0.25, -0.2) is 0 Å². The molecule has 0 aliphatic carbocycles. The predicted octanol–water partition coefficient (Wildman–Crippen LogP) is 2.60. The van der Waals surface area contributed by atoms with Crippen LogP contribution in [0.4, 0.5) is 5.69 Å². The number of nitro benzene ring substituents is 1. The van der Waals surface area contributed by atoms with E-state index in [2.05, 4.69) is 0 Å². The molecule has 1 aromatic carbocycles. The van der Waals surface area contributed by atoms with Gasteiger partial charge in [-0.05, 0) is 19.1 Å². The van der Waals surface area contributed by atoms with Crippen LogP contribution >= 0.6 is 11.8 Å². The number of benzene rings is 1. The number of esters is 1. The molecule has 0 amide bonds. The summed E-state index contributed by atoms with van der Waals surface area (Å²) in [6.45, 7) is 2.02. The highest BCUT2D eigenvalue weighted by Crippen LogP contribution is 2.21. The van der Waals surface area contributed by atoms with Gasteiger partial charge in [0.05, 0.1) is 23.7 Å². The van der Waals surface area contributed by atoms with Gasteiger partial charge in [0.1, 0.15) is 5.78 Å². The third kappa shape index (κ3) is 5.83. The Bertz CT molecular complexity index is 486. The molecular weight excluding hydrogens is 282 g/mol. The second-order valence-electron chi connectivity index (χ2n) is 3.88. The number of Topliss-reactive ketones (excluding diaryl/α,β-unsaturated/α-hetero) is 1. The molecule has 7 heteroatoms. The maximum atomic E-state index is 11.6. The summed E-state index contributed by atoms with van der Waals surface area (Å²) in [6.07, 6.45) is 0.242. The van der Waals surface area contributed by atoms with Gasteiger partial charge in [-0.3, -0.25) is 19.7 Å². The molecule has 0 atom stereocenters. The minimum absolute atomic E-state index is 0.0167. The summed E-state index contributed by atoms with van der Waals surface area (Å²) in [4.78, 5) is 33.4. The first kappa shape index (κ1) is 16.2. The largest absolute Gasteiger partial charge is 0.466 e. The van der Waals surface area contributed by atoms with E-state index in [1.54, 1.807) is 19.1 Å². The van der Waals surface area contributed by atoms with Crippen molar-refractivity contribution in [3.8, 4) is 0 Å². The molecule has 0 aliphatic heterocycles. The summed E-state index contributed by atoms with van der Waals surface area (Å²) in [7, 11) is 0. The quantitative estimate of drug-likeness (QED) is 0.317. The molecule has 0 aromatic heterocycles. The van der Waals surface area contributed by atoms with Crippen LogP contribution in [0.15, 0.2) is 29.2 Å². The first-order valence-electron chi connectivity index (χ1n) is 6.07. The topological polar surface area (TPSA) is 86.5 Å². The van der Waals surface area contributed by atoms with E-state index >= 15 is 0 Å². The third-order valence-electron chi connectivity index (χ3n) is 2.36. The van der Waals surface area contributed by atoms with Crippen molar-refractivity contribution in [1.82, 2.24) is 0 Å². The number of hydrogen-bond donors (Lipinski definition) is 0. The average molecular weight is 297 g/mol. The standard InChI is InChI=1S/C13H15NO5S/c1-2-19-13(16)8-5-11(15)9-20-12-6-3-10(4-7-12)14(17)18/h3-4,6-7H,2,5,8-9H2,1H3. The normalized spacial score (nSPS) is 10.1. The SMILES string of the molecule is CCOC(=O)CCC(=O)CSc1ccc([N+](=O)[O-])cc1. The molecule has 1 rings (SSSR count). The zero-order valence-corrected chi connectivity index (χ0v) is 11.9. The summed E-state index contributed by atoms with van der Waals surface area (Å²) in [6, 6.07) is 5.99. The number of non-ortho nitro benzene ring substituents is 1. The van der Waals surface area contributed by atoms with Crippen LogP contribution in [0.2, 0.25) is 0 Å². The fourth-order valence-electron chi connectivity index (χ4n) is 1.37. The number of rotatable bonds is 8. The zero-order chi connectivity index (χ0) is 15.0. The number of carbonyl (C=O) groups excluding carboxylic acids is 2. The van der Waals surface area contributed by atoms with Gasteiger partial charge < -0.3 is 4.74 Å². The summed E-state index contributed by atoms with van der Waals surface area (Å²) in [5, 5.41) is 10.5. The van der Waals surface area contributed by atoms with Gasteiger partial charge in [0, 0.05) is 23.4 Å². The zero-order valence-electron chi connectivity index (χ0n) is 11.0. The van der Waals surface area contributed by atoms with Crippen LogP contribution in [-0.4, -0.2) is 29.0 Å². The average Bonchev–Trinajstić information content (AvgIpc) is 2.43. The second-order valence-corrected chi connectivity index (χ2v) is 4.93. The lowest BCUT2D eigenvalue weighted by Gasteiger charge is -2.02. The fraction of sp³-hybridized carbons (Fsp3) is 0.385. The van der Waals surface area contributed by atoms with Crippen molar-refractivity contribution in [3.05, 3.63) is 34.4 Å². The molecule has 0 N–H and O–H groups in total. The maximum absolute atomic E-state index is 11.6. The Morgan fingerprint density at radius 2 is 1.90 bits per heavy atom. The Labute approximate surface area is 120 Å². The van der Waals surface area contributed by atoms with Crippen LogP contribution in [0, 0.1) is 10.1 Å². The number of thioether (sulfide) groups is 1. The Hall–Kier alpha value is -1.89. The molecule has 108 valence electrons. The lowest BCUT2D eigenvalue weighted by Crippen LogP contribution is -2.09. The molecule has 0 saturated heterocycles. The van der Waals surface area contributed by atoms with Crippen LogP contribution in [0.5, 0.6) is 0 Å². The van der Waals surface area contributed by atoms with E-state index in [9.17, 15) is 19.7 Å². The molecule has 0 radical (unpaired) electrons. The van der Waals surface area contributed by atoms with Gasteiger partial charge in [-0.2, -0.15) is 0 Å². The monoisotopic (exact) mass is 297 g/mol. The van der Waals surface area contributed by atoms with E-state index in [0.717, 1.165) is 4.90 Å². The first-order chi connectivity index (χ1) is 9.52. The Morgan fingerprint density at radius 1 is 1.25 bits per heavy atom. The van der Waals surface area contributed by atoms with E-state index in [1.165, 1.54) is 23.9 Å². The summed E-state index contributed by atoms with van der Waals surface area (Å²) in [5.41, 5.74) is 0.0167. The summed E-state index contributed by atoms with van der Waals surface area (Å²) < 4.78 is 4.73. The van der Waals surface area contributed by atoms with Crippen molar-refractivity contribution in [2.24, 2.45) is 0 Å². The van der Waals surface area contributed by atoms with Crippen LogP contribution < -0.4 is 0 Å². The first-order valence-corrected chi connectivity index (χ1v) is 7.06. The lowest BCUT2D eigenvalue weighted by atomic mass is 10.2. The van der Waals surface area contributed by atoms with Crippen LogP contribution in [0.25, 0.3) is 0 Å². The van der Waals surface area contributed by atoms with Crippen molar-refractivity contribution in [2.75, 3.05) is 12.4 Å². The van der Waals surface area contributed by atoms with Gasteiger partial charge in [-0.15, -0.1) is 11.8 Å².